The van der Waals surface area contributed by atoms with Gasteiger partial charge in [0.1, 0.15) is 21.6 Å². The molecule has 0 aliphatic rings. The maximum Gasteiger partial charge on any atom is 1.00 e. The zero-order chi connectivity index (χ0) is 18.1. The number of unbranched alkanes of at least 4 members (excludes halogenated alkanes) is 5. The summed E-state index contributed by atoms with van der Waals surface area (Å²) in [5, 5.41) is 0. The van der Waals surface area contributed by atoms with Crippen molar-refractivity contribution in [2.24, 2.45) is 0 Å². The first-order valence-electron chi connectivity index (χ1n) is 8.83. The van der Waals surface area contributed by atoms with E-state index in [4.69, 9.17) is 4.74 Å². The fraction of sp³-hybridized carbons (Fsp3) is 0.400. The van der Waals surface area contributed by atoms with E-state index in [0.717, 1.165) is 19.3 Å². The molecular weight excluding hydrogens is 359 g/mol. The monoisotopic (exact) mass is 384 g/mol. The molecule has 0 atom stereocenters. The van der Waals surface area contributed by atoms with Gasteiger partial charge in [0, 0.05) is 5.56 Å². The predicted molar refractivity (Wildman–Crippen MR) is 98.0 cm³/mol. The van der Waals surface area contributed by atoms with Crippen LogP contribution >= 0.6 is 0 Å². The number of benzene rings is 2. The van der Waals surface area contributed by atoms with Crippen molar-refractivity contribution >= 4 is 10.1 Å². The van der Waals surface area contributed by atoms with Gasteiger partial charge in [-0.05, 0) is 37.1 Å². The van der Waals surface area contributed by atoms with Crippen LogP contribution in [-0.4, -0.2) is 13.0 Å². The van der Waals surface area contributed by atoms with Gasteiger partial charge in [-0.2, -0.15) is 0 Å². The molecule has 0 fully saturated rings. The van der Waals surface area contributed by atoms with Gasteiger partial charge in [0.05, 0.1) is 4.90 Å². The molecule has 2 rings (SSSR count). The van der Waals surface area contributed by atoms with Crippen molar-refractivity contribution in [3.63, 3.8) is 0 Å². The van der Waals surface area contributed by atoms with Crippen LogP contribution in [0.2, 0.25) is 0 Å². The first-order chi connectivity index (χ1) is 12.0. The molecule has 0 spiro atoms. The molecule has 0 saturated heterocycles. The molecule has 26 heavy (non-hydrogen) atoms. The molecule has 2 aromatic carbocycles. The standard InChI is InChI=1S/C20H26O4S.Na/c1-2-3-4-5-6-10-14-18-19(24-17-12-8-7-9-13-17)15-11-16-20(18)25(21,22)23;/h7-9,11-13,15-16H,2-6,10,14H2,1H3,(H,21,22,23);/q;+1/p-1. The third kappa shape index (κ3) is 7.41. The van der Waals surface area contributed by atoms with Gasteiger partial charge >= 0.3 is 29.6 Å². The molecule has 136 valence electrons. The first kappa shape index (κ1) is 23.2. The summed E-state index contributed by atoms with van der Waals surface area (Å²) in [4.78, 5) is -0.172. The van der Waals surface area contributed by atoms with Crippen LogP contribution < -0.4 is 34.3 Å². The van der Waals surface area contributed by atoms with E-state index >= 15 is 0 Å². The maximum absolute atomic E-state index is 11.6. The van der Waals surface area contributed by atoms with E-state index in [1.54, 1.807) is 24.3 Å². The van der Waals surface area contributed by atoms with Crippen LogP contribution in [0.3, 0.4) is 0 Å². The van der Waals surface area contributed by atoms with E-state index in [1.807, 2.05) is 18.2 Å². The van der Waals surface area contributed by atoms with Crippen molar-refractivity contribution in [1.82, 2.24) is 0 Å². The third-order valence-electron chi connectivity index (χ3n) is 4.11. The normalized spacial score (nSPS) is 11.0. The number of hydrogen-bond acceptors (Lipinski definition) is 4. The molecular formula is C20H25NaO4S. The molecule has 6 heteroatoms. The minimum atomic E-state index is -4.53. The van der Waals surface area contributed by atoms with Crippen LogP contribution in [0.4, 0.5) is 0 Å². The summed E-state index contributed by atoms with van der Waals surface area (Å²) in [6, 6.07) is 13.8. The second kappa shape index (κ2) is 11.8. The van der Waals surface area contributed by atoms with Crippen molar-refractivity contribution in [3.8, 4) is 11.5 Å². The minimum Gasteiger partial charge on any atom is -0.744 e. The molecule has 2 aromatic rings. The Morgan fingerprint density at radius 1 is 0.885 bits per heavy atom. The largest absolute Gasteiger partial charge is 1.00 e. The molecule has 0 radical (unpaired) electrons. The van der Waals surface area contributed by atoms with Gasteiger partial charge in [0.15, 0.2) is 0 Å². The SMILES string of the molecule is CCCCCCCCc1c(Oc2ccccc2)cccc1S(=O)(=O)[O-].[Na+]. The molecule has 0 bridgehead atoms. The van der Waals surface area contributed by atoms with Crippen LogP contribution in [0.15, 0.2) is 53.4 Å². The summed E-state index contributed by atoms with van der Waals surface area (Å²) in [5.74, 6) is 1.06. The Hall–Kier alpha value is -0.850. The first-order valence-corrected chi connectivity index (χ1v) is 10.2. The van der Waals surface area contributed by atoms with Gasteiger partial charge in [-0.25, -0.2) is 8.42 Å². The van der Waals surface area contributed by atoms with Gasteiger partial charge in [0.25, 0.3) is 0 Å². The molecule has 0 saturated carbocycles. The quantitative estimate of drug-likeness (QED) is 0.358. The van der Waals surface area contributed by atoms with Crippen LogP contribution in [0, 0.1) is 0 Å². The van der Waals surface area contributed by atoms with Gasteiger partial charge in [0.2, 0.25) is 0 Å². The molecule has 0 aromatic heterocycles. The average Bonchev–Trinajstić information content (AvgIpc) is 2.59. The third-order valence-corrected chi connectivity index (χ3v) is 5.03. The van der Waals surface area contributed by atoms with Crippen molar-refractivity contribution in [2.45, 2.75) is 56.8 Å². The van der Waals surface area contributed by atoms with E-state index in [9.17, 15) is 13.0 Å². The summed E-state index contributed by atoms with van der Waals surface area (Å²) >= 11 is 0. The molecule has 0 aliphatic heterocycles. The summed E-state index contributed by atoms with van der Waals surface area (Å²) < 4.78 is 40.7. The Labute approximate surface area is 179 Å². The van der Waals surface area contributed by atoms with E-state index in [0.29, 0.717) is 23.5 Å². The van der Waals surface area contributed by atoms with Crippen LogP contribution in [0.1, 0.15) is 51.0 Å². The van der Waals surface area contributed by atoms with Gasteiger partial charge < -0.3 is 9.29 Å². The van der Waals surface area contributed by atoms with Crippen molar-refractivity contribution in [3.05, 3.63) is 54.1 Å². The van der Waals surface area contributed by atoms with E-state index < -0.39 is 10.1 Å². The van der Waals surface area contributed by atoms with Crippen molar-refractivity contribution in [1.29, 1.82) is 0 Å². The second-order valence-electron chi connectivity index (χ2n) is 6.12. The molecule has 0 aliphatic carbocycles. The smallest absolute Gasteiger partial charge is 0.744 e. The van der Waals surface area contributed by atoms with E-state index in [2.05, 4.69) is 6.92 Å². The number of ether oxygens (including phenoxy) is 1. The Bertz CT molecular complexity index is 761. The number of para-hydroxylation sites is 1. The predicted octanol–water partition coefficient (Wildman–Crippen LogP) is 2.29. The van der Waals surface area contributed by atoms with Crippen LogP contribution in [0.5, 0.6) is 11.5 Å². The molecule has 0 N–H and O–H groups in total. The molecule has 0 heterocycles. The Kier molecular flexibility index (Phi) is 10.5. The number of rotatable bonds is 10. The molecule has 0 unspecified atom stereocenters. The summed E-state index contributed by atoms with van der Waals surface area (Å²) in [6.07, 6.45) is 7.08. The Balaban J connectivity index is 0.00000338. The Morgan fingerprint density at radius 2 is 1.54 bits per heavy atom. The van der Waals surface area contributed by atoms with E-state index in [-0.39, 0.29) is 34.5 Å². The average molecular weight is 384 g/mol. The fourth-order valence-electron chi connectivity index (χ4n) is 2.82. The molecule has 4 nitrogen and oxygen atoms in total. The fourth-order valence-corrected chi connectivity index (χ4v) is 3.57. The zero-order valence-corrected chi connectivity index (χ0v) is 18.4. The topological polar surface area (TPSA) is 66.4 Å². The second-order valence-corrected chi connectivity index (χ2v) is 7.47. The van der Waals surface area contributed by atoms with Crippen molar-refractivity contribution in [2.75, 3.05) is 0 Å². The van der Waals surface area contributed by atoms with Gasteiger partial charge in [-0.15, -0.1) is 0 Å². The number of hydrogen-bond donors (Lipinski definition) is 0. The maximum atomic E-state index is 11.6. The van der Waals surface area contributed by atoms with Gasteiger partial charge in [-0.3, -0.25) is 0 Å². The van der Waals surface area contributed by atoms with Crippen LogP contribution in [0.25, 0.3) is 0 Å². The van der Waals surface area contributed by atoms with Crippen LogP contribution in [-0.2, 0) is 16.5 Å². The minimum absolute atomic E-state index is 0. The zero-order valence-electron chi connectivity index (χ0n) is 15.6. The summed E-state index contributed by atoms with van der Waals surface area (Å²) in [6.45, 7) is 2.17. The van der Waals surface area contributed by atoms with Gasteiger partial charge in [-0.1, -0.05) is 63.3 Å². The summed E-state index contributed by atoms with van der Waals surface area (Å²) in [5.41, 5.74) is 0.483. The van der Waals surface area contributed by atoms with Crippen molar-refractivity contribution < 1.29 is 47.3 Å². The molecule has 0 amide bonds. The summed E-state index contributed by atoms with van der Waals surface area (Å²) in [7, 11) is -4.53. The van der Waals surface area contributed by atoms with E-state index in [1.165, 1.54) is 25.3 Å². The Morgan fingerprint density at radius 3 is 2.19 bits per heavy atom.